The van der Waals surface area contributed by atoms with Crippen LogP contribution < -0.4 is 0 Å². The molecule has 82 valence electrons. The van der Waals surface area contributed by atoms with Crippen molar-refractivity contribution in [3.05, 3.63) is 31.9 Å². The Bertz CT molecular complexity index is 391. The molecule has 0 radical (unpaired) electrons. The second-order valence-corrected chi connectivity index (χ2v) is 4.44. The summed E-state index contributed by atoms with van der Waals surface area (Å²) < 4.78 is 37.2. The Hall–Kier alpha value is -0.300. The van der Waals surface area contributed by atoms with E-state index < -0.39 is 11.7 Å². The maximum atomic E-state index is 12.3. The number of benzene rings is 1. The quantitative estimate of drug-likeness (QED) is 0.550. The first-order chi connectivity index (χ1) is 6.73. The number of hydrogen-bond donors (Lipinski definition) is 0. The topological polar surface area (TPSA) is 17.1 Å². The van der Waals surface area contributed by atoms with Gasteiger partial charge in [0.2, 0.25) is 0 Å². The van der Waals surface area contributed by atoms with Crippen LogP contribution in [0.15, 0.2) is 12.1 Å². The van der Waals surface area contributed by atoms with Crippen LogP contribution >= 0.6 is 34.2 Å². The summed E-state index contributed by atoms with van der Waals surface area (Å²) in [6.07, 6.45) is -4.45. The van der Waals surface area contributed by atoms with Gasteiger partial charge in [-0.2, -0.15) is 13.2 Å². The van der Waals surface area contributed by atoms with Gasteiger partial charge < -0.3 is 0 Å². The number of carbonyl (C=O) groups excluding carboxylic acids is 1. The van der Waals surface area contributed by atoms with Gasteiger partial charge in [-0.3, -0.25) is 4.79 Å². The van der Waals surface area contributed by atoms with Gasteiger partial charge in [-0.25, -0.2) is 0 Å². The van der Waals surface area contributed by atoms with Crippen molar-refractivity contribution >= 4 is 40.0 Å². The summed E-state index contributed by atoms with van der Waals surface area (Å²) in [5.74, 6) is -0.349. The van der Waals surface area contributed by atoms with E-state index in [-0.39, 0.29) is 19.9 Å². The van der Waals surface area contributed by atoms with Crippen molar-refractivity contribution in [3.63, 3.8) is 0 Å². The lowest BCUT2D eigenvalue weighted by Crippen LogP contribution is -2.08. The van der Waals surface area contributed by atoms with Gasteiger partial charge in [-0.05, 0) is 41.6 Å². The third kappa shape index (κ3) is 2.84. The minimum atomic E-state index is -4.45. The Kier molecular flexibility index (Phi) is 3.65. The predicted octanol–water partition coefficient (Wildman–Crippen LogP) is 4.17. The normalized spacial score (nSPS) is 11.6. The average Bonchev–Trinajstić information content (AvgIpc) is 1.99. The third-order valence-electron chi connectivity index (χ3n) is 1.72. The van der Waals surface area contributed by atoms with Crippen molar-refractivity contribution in [2.45, 2.75) is 13.1 Å². The average molecular weight is 348 g/mol. The van der Waals surface area contributed by atoms with Crippen LogP contribution in [0.1, 0.15) is 22.8 Å². The lowest BCUT2D eigenvalue weighted by atomic mass is 10.1. The van der Waals surface area contributed by atoms with Crippen LogP contribution in [0.4, 0.5) is 13.2 Å². The molecule has 0 fully saturated rings. The first-order valence-corrected chi connectivity index (χ1v) is 5.26. The minimum Gasteiger partial charge on any atom is -0.294 e. The van der Waals surface area contributed by atoms with Gasteiger partial charge in [-0.1, -0.05) is 11.6 Å². The van der Waals surface area contributed by atoms with Gasteiger partial charge in [-0.15, -0.1) is 0 Å². The molecule has 1 nitrogen and oxygen atoms in total. The zero-order valence-corrected chi connectivity index (χ0v) is 10.4. The molecule has 0 unspecified atom stereocenters. The molecule has 0 atom stereocenters. The molecule has 0 bridgehead atoms. The highest BCUT2D eigenvalue weighted by Gasteiger charge is 2.32. The Morgan fingerprint density at radius 1 is 1.40 bits per heavy atom. The molecule has 0 heterocycles. The third-order valence-corrected chi connectivity index (χ3v) is 2.87. The molecule has 1 aromatic carbocycles. The molecule has 15 heavy (non-hydrogen) atoms. The molecule has 1 aromatic rings. The van der Waals surface area contributed by atoms with E-state index >= 15 is 0 Å². The number of rotatable bonds is 1. The highest BCUT2D eigenvalue weighted by atomic mass is 127. The summed E-state index contributed by atoms with van der Waals surface area (Å²) in [6.45, 7) is 1.26. The fourth-order valence-electron chi connectivity index (χ4n) is 1.07. The van der Waals surface area contributed by atoms with Crippen LogP contribution in [-0.2, 0) is 6.18 Å². The van der Waals surface area contributed by atoms with Gasteiger partial charge >= 0.3 is 6.18 Å². The maximum absolute atomic E-state index is 12.3. The monoisotopic (exact) mass is 348 g/mol. The van der Waals surface area contributed by atoms with Crippen LogP contribution in [0.2, 0.25) is 5.02 Å². The molecule has 0 amide bonds. The molecule has 0 aliphatic rings. The summed E-state index contributed by atoms with van der Waals surface area (Å²) in [5, 5.41) is -0.165. The van der Waals surface area contributed by atoms with E-state index in [1.54, 1.807) is 22.6 Å². The van der Waals surface area contributed by atoms with Crippen molar-refractivity contribution in [2.24, 2.45) is 0 Å². The molecule has 0 saturated heterocycles. The van der Waals surface area contributed by atoms with Crippen LogP contribution in [-0.4, -0.2) is 5.78 Å². The van der Waals surface area contributed by atoms with E-state index in [0.29, 0.717) is 0 Å². The number of ketones is 1. The van der Waals surface area contributed by atoms with Crippen LogP contribution in [0, 0.1) is 3.57 Å². The molecule has 1 rings (SSSR count). The van der Waals surface area contributed by atoms with Crippen molar-refractivity contribution in [1.82, 2.24) is 0 Å². The predicted molar refractivity (Wildman–Crippen MR) is 59.2 cm³/mol. The van der Waals surface area contributed by atoms with Crippen LogP contribution in [0.3, 0.4) is 0 Å². The Balaban J connectivity index is 3.39. The molecule has 0 saturated carbocycles. The summed E-state index contributed by atoms with van der Waals surface area (Å²) in [5.41, 5.74) is -0.716. The first-order valence-electron chi connectivity index (χ1n) is 3.80. The molecular weight excluding hydrogens is 343 g/mol. The van der Waals surface area contributed by atoms with Gasteiger partial charge in [0.05, 0.1) is 10.6 Å². The molecule has 0 aliphatic heterocycles. The molecular formula is C9H5ClF3IO. The molecule has 6 heteroatoms. The fraction of sp³-hybridized carbons (Fsp3) is 0.222. The van der Waals surface area contributed by atoms with Crippen molar-refractivity contribution in [2.75, 3.05) is 0 Å². The zero-order chi connectivity index (χ0) is 11.8. The lowest BCUT2D eigenvalue weighted by molar-refractivity contribution is -0.137. The fourth-order valence-corrected chi connectivity index (χ4v) is 2.59. The number of hydrogen-bond acceptors (Lipinski definition) is 1. The van der Waals surface area contributed by atoms with Crippen molar-refractivity contribution in [3.8, 4) is 0 Å². The van der Waals surface area contributed by atoms with Crippen molar-refractivity contribution in [1.29, 1.82) is 0 Å². The van der Waals surface area contributed by atoms with E-state index in [1.165, 1.54) is 6.92 Å². The number of alkyl halides is 3. The maximum Gasteiger partial charge on any atom is 0.416 e. The highest BCUT2D eigenvalue weighted by molar-refractivity contribution is 14.1. The number of halogens is 5. The Labute approximate surface area is 103 Å². The van der Waals surface area contributed by atoms with E-state index in [0.717, 1.165) is 12.1 Å². The second kappa shape index (κ2) is 4.29. The van der Waals surface area contributed by atoms with E-state index in [1.807, 2.05) is 0 Å². The van der Waals surface area contributed by atoms with E-state index in [4.69, 9.17) is 11.6 Å². The summed E-state index contributed by atoms with van der Waals surface area (Å²) in [6, 6.07) is 1.67. The Morgan fingerprint density at radius 3 is 2.27 bits per heavy atom. The van der Waals surface area contributed by atoms with E-state index in [2.05, 4.69) is 0 Å². The van der Waals surface area contributed by atoms with Crippen LogP contribution in [0.25, 0.3) is 0 Å². The highest BCUT2D eigenvalue weighted by Crippen LogP contribution is 2.34. The zero-order valence-electron chi connectivity index (χ0n) is 7.45. The minimum absolute atomic E-state index is 0.130. The summed E-state index contributed by atoms with van der Waals surface area (Å²) >= 11 is 7.27. The Morgan fingerprint density at radius 2 is 1.93 bits per heavy atom. The van der Waals surface area contributed by atoms with Gasteiger partial charge in [0.25, 0.3) is 0 Å². The SMILES string of the molecule is CC(=O)c1c(Cl)cc(C(F)(F)F)cc1I. The molecule has 0 aromatic heterocycles. The first kappa shape index (κ1) is 12.8. The largest absolute Gasteiger partial charge is 0.416 e. The second-order valence-electron chi connectivity index (χ2n) is 2.87. The number of carbonyl (C=O) groups is 1. The van der Waals surface area contributed by atoms with Gasteiger partial charge in [0, 0.05) is 9.13 Å². The molecule has 0 N–H and O–H groups in total. The molecule has 0 aliphatic carbocycles. The van der Waals surface area contributed by atoms with Crippen molar-refractivity contribution < 1.29 is 18.0 Å². The van der Waals surface area contributed by atoms with Gasteiger partial charge in [0.15, 0.2) is 5.78 Å². The summed E-state index contributed by atoms with van der Waals surface area (Å²) in [7, 11) is 0. The van der Waals surface area contributed by atoms with Crippen LogP contribution in [0.5, 0.6) is 0 Å². The lowest BCUT2D eigenvalue weighted by Gasteiger charge is -2.10. The number of Topliss-reactive ketones (excluding diaryl/α,β-unsaturated/α-hetero) is 1. The summed E-state index contributed by atoms with van der Waals surface area (Å²) in [4.78, 5) is 11.1. The van der Waals surface area contributed by atoms with E-state index in [9.17, 15) is 18.0 Å². The van der Waals surface area contributed by atoms with Gasteiger partial charge in [0.1, 0.15) is 0 Å². The standard InChI is InChI=1S/C9H5ClF3IO/c1-4(15)8-6(10)2-5(3-7(8)14)9(11,12)13/h2-3H,1H3. The molecule has 0 spiro atoms. The smallest absolute Gasteiger partial charge is 0.294 e.